The minimum Gasteiger partial charge on any atom is -0.465 e. The normalized spacial score (nSPS) is 9.45. The first kappa shape index (κ1) is 7.92. The zero-order chi connectivity index (χ0) is 7.94. The van der Waals surface area contributed by atoms with Crippen molar-refractivity contribution in [3.8, 4) is 5.95 Å². The maximum atomic E-state index is 5.23. The Morgan fingerprint density at radius 1 is 1.64 bits per heavy atom. The molecule has 11 heavy (non-hydrogen) atoms. The molecule has 2 nitrogen and oxygen atoms in total. The fourth-order valence-corrected chi connectivity index (χ4v) is 0.746. The van der Waals surface area contributed by atoms with Crippen LogP contribution in [-0.2, 0) is 0 Å². The molecule has 2 heteroatoms. The van der Waals surface area contributed by atoms with Crippen LogP contribution in [0.5, 0.6) is 5.95 Å². The number of furan rings is 1. The first-order chi connectivity index (χ1) is 5.43. The predicted molar refractivity (Wildman–Crippen MR) is 43.6 cm³/mol. The highest BCUT2D eigenvalue weighted by molar-refractivity contribution is 5.03. The maximum absolute atomic E-state index is 5.23. The Morgan fingerprint density at radius 3 is 3.18 bits per heavy atom. The van der Waals surface area contributed by atoms with Crippen LogP contribution in [0.3, 0.4) is 0 Å². The van der Waals surface area contributed by atoms with Crippen molar-refractivity contribution >= 4 is 0 Å². The summed E-state index contributed by atoms with van der Waals surface area (Å²) in [5.74, 6) is 0.592. The van der Waals surface area contributed by atoms with E-state index in [-0.39, 0.29) is 0 Å². The Morgan fingerprint density at radius 2 is 2.55 bits per heavy atom. The van der Waals surface area contributed by atoms with Gasteiger partial charge in [0.05, 0.1) is 12.9 Å². The lowest BCUT2D eigenvalue weighted by atomic mass is 10.3. The van der Waals surface area contributed by atoms with Crippen LogP contribution in [-0.4, -0.2) is 6.61 Å². The molecule has 0 amide bonds. The number of ether oxygens (including phenoxy) is 1. The molecule has 0 saturated carbocycles. The lowest BCUT2D eigenvalue weighted by Crippen LogP contribution is -1.94. The van der Waals surface area contributed by atoms with Gasteiger partial charge in [-0.05, 0) is 18.9 Å². The lowest BCUT2D eigenvalue weighted by molar-refractivity contribution is 0.240. The maximum Gasteiger partial charge on any atom is 0.284 e. The van der Waals surface area contributed by atoms with Crippen LogP contribution in [0.4, 0.5) is 0 Å². The summed E-state index contributed by atoms with van der Waals surface area (Å²) in [5.41, 5.74) is 0. The minimum absolute atomic E-state index is 0.592. The smallest absolute Gasteiger partial charge is 0.284 e. The number of hydrogen-bond acceptors (Lipinski definition) is 2. The number of rotatable bonds is 5. The summed E-state index contributed by atoms with van der Waals surface area (Å²) in [6, 6.07) is 3.61. The van der Waals surface area contributed by atoms with Gasteiger partial charge in [-0.15, -0.1) is 6.58 Å². The van der Waals surface area contributed by atoms with E-state index in [1.165, 1.54) is 0 Å². The van der Waals surface area contributed by atoms with Crippen LogP contribution in [0.2, 0.25) is 0 Å². The van der Waals surface area contributed by atoms with E-state index in [2.05, 4.69) is 6.58 Å². The molecule has 0 bridgehead atoms. The van der Waals surface area contributed by atoms with Crippen molar-refractivity contribution in [2.75, 3.05) is 6.61 Å². The zero-order valence-electron chi connectivity index (χ0n) is 6.45. The molecule has 1 rings (SSSR count). The van der Waals surface area contributed by atoms with Crippen molar-refractivity contribution in [3.05, 3.63) is 31.1 Å². The van der Waals surface area contributed by atoms with Gasteiger partial charge in [0.25, 0.3) is 5.95 Å². The third-order valence-corrected chi connectivity index (χ3v) is 1.29. The van der Waals surface area contributed by atoms with Crippen LogP contribution in [0.1, 0.15) is 12.8 Å². The summed E-state index contributed by atoms with van der Waals surface area (Å²) in [4.78, 5) is 0. The van der Waals surface area contributed by atoms with Crippen molar-refractivity contribution in [2.45, 2.75) is 12.8 Å². The molecule has 0 aliphatic rings. The molecule has 0 aromatic carbocycles. The third-order valence-electron chi connectivity index (χ3n) is 1.29. The van der Waals surface area contributed by atoms with Crippen molar-refractivity contribution in [3.63, 3.8) is 0 Å². The van der Waals surface area contributed by atoms with Gasteiger partial charge in [0, 0.05) is 6.07 Å². The minimum atomic E-state index is 0.592. The molecule has 1 aromatic heterocycles. The van der Waals surface area contributed by atoms with E-state index in [0.717, 1.165) is 12.8 Å². The second kappa shape index (κ2) is 4.61. The molecule has 0 radical (unpaired) electrons. The molecule has 0 saturated heterocycles. The van der Waals surface area contributed by atoms with Gasteiger partial charge in [0.1, 0.15) is 0 Å². The highest BCUT2D eigenvalue weighted by atomic mass is 16.6. The van der Waals surface area contributed by atoms with E-state index in [1.54, 1.807) is 12.3 Å². The van der Waals surface area contributed by atoms with Gasteiger partial charge in [-0.25, -0.2) is 0 Å². The van der Waals surface area contributed by atoms with E-state index in [9.17, 15) is 0 Å². The van der Waals surface area contributed by atoms with Crippen molar-refractivity contribution in [1.82, 2.24) is 0 Å². The average molecular weight is 152 g/mol. The highest BCUT2D eigenvalue weighted by Gasteiger charge is 1.92. The monoisotopic (exact) mass is 152 g/mol. The highest BCUT2D eigenvalue weighted by Crippen LogP contribution is 2.09. The standard InChI is InChI=1S/C9H12O2/c1-2-3-4-7-10-9-6-5-8-11-9/h2,5-6,8H,1,3-4,7H2. The second-order valence-electron chi connectivity index (χ2n) is 2.21. The van der Waals surface area contributed by atoms with Crippen LogP contribution in [0.15, 0.2) is 35.5 Å². The summed E-state index contributed by atoms with van der Waals surface area (Å²) in [6.45, 7) is 4.31. The van der Waals surface area contributed by atoms with Gasteiger partial charge >= 0.3 is 0 Å². The average Bonchev–Trinajstić information content (AvgIpc) is 2.50. The quantitative estimate of drug-likeness (QED) is 0.478. The van der Waals surface area contributed by atoms with E-state index < -0.39 is 0 Å². The van der Waals surface area contributed by atoms with Gasteiger partial charge in [0.2, 0.25) is 0 Å². The third kappa shape index (κ3) is 2.94. The first-order valence-electron chi connectivity index (χ1n) is 3.70. The van der Waals surface area contributed by atoms with Gasteiger partial charge in [-0.2, -0.15) is 0 Å². The zero-order valence-corrected chi connectivity index (χ0v) is 6.45. The van der Waals surface area contributed by atoms with E-state index in [0.29, 0.717) is 12.6 Å². The Balaban J connectivity index is 2.09. The van der Waals surface area contributed by atoms with Crippen molar-refractivity contribution < 1.29 is 9.15 Å². The molecular weight excluding hydrogens is 140 g/mol. The first-order valence-corrected chi connectivity index (χ1v) is 3.70. The number of unbranched alkanes of at least 4 members (excludes halogenated alkanes) is 1. The van der Waals surface area contributed by atoms with Crippen LogP contribution >= 0.6 is 0 Å². The number of hydrogen-bond donors (Lipinski definition) is 0. The Kier molecular flexibility index (Phi) is 3.32. The SMILES string of the molecule is C=CCCCOc1ccco1. The second-order valence-corrected chi connectivity index (χ2v) is 2.21. The summed E-state index contributed by atoms with van der Waals surface area (Å²) in [7, 11) is 0. The van der Waals surface area contributed by atoms with Crippen molar-refractivity contribution in [2.24, 2.45) is 0 Å². The van der Waals surface area contributed by atoms with Gasteiger partial charge in [-0.3, -0.25) is 0 Å². The summed E-state index contributed by atoms with van der Waals surface area (Å²) >= 11 is 0. The topological polar surface area (TPSA) is 22.4 Å². The Hall–Kier alpha value is -1.18. The van der Waals surface area contributed by atoms with Crippen LogP contribution < -0.4 is 4.74 Å². The molecule has 0 fully saturated rings. The fraction of sp³-hybridized carbons (Fsp3) is 0.333. The lowest BCUT2D eigenvalue weighted by Gasteiger charge is -1.98. The molecule has 0 aliphatic heterocycles. The molecule has 0 N–H and O–H groups in total. The van der Waals surface area contributed by atoms with E-state index in [4.69, 9.17) is 9.15 Å². The molecule has 1 heterocycles. The molecule has 0 unspecified atom stereocenters. The van der Waals surface area contributed by atoms with Gasteiger partial charge in [-0.1, -0.05) is 6.08 Å². The van der Waals surface area contributed by atoms with Crippen LogP contribution in [0.25, 0.3) is 0 Å². The molecule has 60 valence electrons. The summed E-state index contributed by atoms with van der Waals surface area (Å²) < 4.78 is 10.2. The molecule has 0 aliphatic carbocycles. The fourth-order valence-electron chi connectivity index (χ4n) is 0.746. The molecule has 0 spiro atoms. The molecule has 0 atom stereocenters. The van der Waals surface area contributed by atoms with Gasteiger partial charge < -0.3 is 9.15 Å². The van der Waals surface area contributed by atoms with E-state index >= 15 is 0 Å². The molecular formula is C9H12O2. The number of allylic oxidation sites excluding steroid dienone is 1. The van der Waals surface area contributed by atoms with Gasteiger partial charge in [0.15, 0.2) is 0 Å². The molecule has 1 aromatic rings. The Bertz CT molecular complexity index is 189. The van der Waals surface area contributed by atoms with E-state index in [1.807, 2.05) is 12.1 Å². The van der Waals surface area contributed by atoms with Crippen LogP contribution in [0, 0.1) is 0 Å². The Labute approximate surface area is 66.5 Å². The largest absolute Gasteiger partial charge is 0.465 e. The summed E-state index contributed by atoms with van der Waals surface area (Å²) in [5, 5.41) is 0. The summed E-state index contributed by atoms with van der Waals surface area (Å²) in [6.07, 6.45) is 5.46. The predicted octanol–water partition coefficient (Wildman–Crippen LogP) is 2.62. The van der Waals surface area contributed by atoms with Crippen molar-refractivity contribution in [1.29, 1.82) is 0 Å².